The number of nitrogens with one attached hydrogen (secondary N) is 1. The third kappa shape index (κ3) is 5.25. The molecule has 4 aromatic rings. The van der Waals surface area contributed by atoms with Crippen molar-refractivity contribution in [1.29, 1.82) is 0 Å². The Labute approximate surface area is 181 Å². The summed E-state index contributed by atoms with van der Waals surface area (Å²) in [6.07, 6.45) is 2.58. The third-order valence-corrected chi connectivity index (χ3v) is 5.82. The van der Waals surface area contributed by atoms with Gasteiger partial charge in [0.2, 0.25) is 11.8 Å². The predicted molar refractivity (Wildman–Crippen MR) is 117 cm³/mol. The molecule has 2 aromatic heterocycles. The Balaban J connectivity index is 1.28. The van der Waals surface area contributed by atoms with E-state index in [1.54, 1.807) is 13.3 Å². The minimum Gasteiger partial charge on any atom is -0.497 e. The highest BCUT2D eigenvalue weighted by Gasteiger charge is 2.13. The van der Waals surface area contributed by atoms with Gasteiger partial charge < -0.3 is 14.5 Å². The molecule has 0 atom stereocenters. The number of thiazole rings is 1. The van der Waals surface area contributed by atoms with Crippen LogP contribution >= 0.6 is 23.1 Å². The van der Waals surface area contributed by atoms with Crippen molar-refractivity contribution in [2.45, 2.75) is 11.6 Å². The third-order valence-electron chi connectivity index (χ3n) is 4.09. The van der Waals surface area contributed by atoms with Crippen molar-refractivity contribution >= 4 is 34.1 Å². The summed E-state index contributed by atoms with van der Waals surface area (Å²) in [5, 5.41) is 11.7. The molecule has 0 spiro atoms. The molecule has 0 unspecified atom stereocenters. The fourth-order valence-corrected chi connectivity index (χ4v) is 4.07. The van der Waals surface area contributed by atoms with Gasteiger partial charge >= 0.3 is 0 Å². The van der Waals surface area contributed by atoms with Crippen LogP contribution < -0.4 is 10.1 Å². The summed E-state index contributed by atoms with van der Waals surface area (Å²) in [5.74, 6) is 1.12. The van der Waals surface area contributed by atoms with Crippen LogP contribution in [0.3, 0.4) is 0 Å². The van der Waals surface area contributed by atoms with E-state index in [-0.39, 0.29) is 11.7 Å². The molecule has 0 bridgehead atoms. The molecule has 0 aliphatic heterocycles. The smallest absolute Gasteiger partial charge is 0.277 e. The van der Waals surface area contributed by atoms with Crippen molar-refractivity contribution in [3.63, 3.8) is 0 Å². The molecule has 0 aliphatic carbocycles. The lowest BCUT2D eigenvalue weighted by Crippen LogP contribution is -2.13. The number of anilines is 1. The molecular weight excluding hydrogens is 420 g/mol. The van der Waals surface area contributed by atoms with Crippen LogP contribution in [0.5, 0.6) is 5.75 Å². The van der Waals surface area contributed by atoms with Crippen molar-refractivity contribution in [3.8, 4) is 17.2 Å². The molecule has 1 N–H and O–H groups in total. The highest BCUT2D eigenvalue weighted by atomic mass is 32.2. The molecule has 2 heterocycles. The second-order valence-corrected chi connectivity index (χ2v) is 8.27. The highest BCUT2D eigenvalue weighted by Crippen LogP contribution is 2.25. The summed E-state index contributed by atoms with van der Waals surface area (Å²) >= 11 is 2.65. The van der Waals surface area contributed by atoms with Gasteiger partial charge in [-0.25, -0.2) is 4.98 Å². The first kappa shape index (κ1) is 20.1. The number of amides is 1. The lowest BCUT2D eigenvalue weighted by atomic mass is 10.1. The molecule has 30 heavy (non-hydrogen) atoms. The van der Waals surface area contributed by atoms with Crippen molar-refractivity contribution in [2.75, 3.05) is 18.2 Å². The number of hydrogen-bond acceptors (Lipinski definition) is 8. The van der Waals surface area contributed by atoms with Crippen molar-refractivity contribution in [3.05, 3.63) is 71.2 Å². The Bertz CT molecular complexity index is 1110. The molecule has 0 fully saturated rings. The number of carbonyl (C=O) groups is 1. The lowest BCUT2D eigenvalue weighted by molar-refractivity contribution is -0.113. The maximum Gasteiger partial charge on any atom is 0.277 e. The summed E-state index contributed by atoms with van der Waals surface area (Å²) in [4.78, 5) is 17.6. The molecule has 1 amide bonds. The van der Waals surface area contributed by atoms with Crippen LogP contribution in [-0.4, -0.2) is 34.0 Å². The summed E-state index contributed by atoms with van der Waals surface area (Å²) in [5.41, 5.74) is 1.99. The molecule has 0 radical (unpaired) electrons. The zero-order valence-corrected chi connectivity index (χ0v) is 17.7. The minimum absolute atomic E-state index is 0.151. The van der Waals surface area contributed by atoms with E-state index in [2.05, 4.69) is 32.6 Å². The normalized spacial score (nSPS) is 10.7. The van der Waals surface area contributed by atoms with E-state index in [0.717, 1.165) is 22.6 Å². The van der Waals surface area contributed by atoms with E-state index in [1.165, 1.54) is 28.7 Å². The Kier molecular flexibility index (Phi) is 6.41. The average molecular weight is 439 g/mol. The first-order chi connectivity index (χ1) is 14.7. The number of methoxy groups -OCH3 is 1. The minimum atomic E-state index is -0.176. The summed E-state index contributed by atoms with van der Waals surface area (Å²) in [7, 11) is 1.61. The Morgan fingerprint density at radius 3 is 2.70 bits per heavy atom. The number of thioether (sulfide) groups is 1. The molecule has 4 rings (SSSR count). The summed E-state index contributed by atoms with van der Waals surface area (Å²) in [6.45, 7) is 0. The lowest BCUT2D eigenvalue weighted by Gasteiger charge is -2.00. The molecule has 9 heteroatoms. The average Bonchev–Trinajstić information content (AvgIpc) is 3.43. The standard InChI is InChI=1S/C21H18N4O3S2/c1-27-16-9-7-15(8-10-16)19-24-25-21(28-19)29-13-18(26)23-20-22-12-17(30-20)11-14-5-3-2-4-6-14/h2-10,12H,11,13H2,1H3,(H,22,23,26). The van der Waals surface area contributed by atoms with Gasteiger partial charge in [0.05, 0.1) is 12.9 Å². The molecule has 152 valence electrons. The van der Waals surface area contributed by atoms with Gasteiger partial charge in [0.15, 0.2) is 5.13 Å². The van der Waals surface area contributed by atoms with Crippen molar-refractivity contribution in [1.82, 2.24) is 15.2 Å². The van der Waals surface area contributed by atoms with Gasteiger partial charge in [0, 0.05) is 23.1 Å². The van der Waals surface area contributed by atoms with Crippen LogP contribution in [0.25, 0.3) is 11.5 Å². The number of hydrogen-bond donors (Lipinski definition) is 1. The number of benzene rings is 2. The van der Waals surface area contributed by atoms with Crippen molar-refractivity contribution < 1.29 is 13.9 Å². The Hall–Kier alpha value is -3.17. The molecule has 0 aliphatic rings. The van der Waals surface area contributed by atoms with Gasteiger partial charge in [-0.2, -0.15) is 0 Å². The topological polar surface area (TPSA) is 90.1 Å². The monoisotopic (exact) mass is 438 g/mol. The van der Waals surface area contributed by atoms with Crippen LogP contribution in [0.15, 0.2) is 70.4 Å². The Morgan fingerprint density at radius 2 is 1.93 bits per heavy atom. The van der Waals surface area contributed by atoms with E-state index in [9.17, 15) is 4.79 Å². The van der Waals surface area contributed by atoms with Crippen LogP contribution in [-0.2, 0) is 11.2 Å². The van der Waals surface area contributed by atoms with Crippen LogP contribution in [0, 0.1) is 0 Å². The summed E-state index contributed by atoms with van der Waals surface area (Å²) in [6, 6.07) is 17.5. The largest absolute Gasteiger partial charge is 0.497 e. The van der Waals surface area contributed by atoms with E-state index in [1.807, 2.05) is 42.5 Å². The second-order valence-electron chi connectivity index (χ2n) is 6.23. The first-order valence-electron chi connectivity index (χ1n) is 9.09. The van der Waals surface area contributed by atoms with Gasteiger partial charge in [-0.15, -0.1) is 21.5 Å². The predicted octanol–water partition coefficient (Wildman–Crippen LogP) is 4.52. The quantitative estimate of drug-likeness (QED) is 0.404. The fourth-order valence-electron chi connectivity index (χ4n) is 2.65. The van der Waals surface area contributed by atoms with Gasteiger partial charge in [-0.1, -0.05) is 42.1 Å². The van der Waals surface area contributed by atoms with Gasteiger partial charge in [0.1, 0.15) is 5.75 Å². The van der Waals surface area contributed by atoms with Crippen molar-refractivity contribution in [2.24, 2.45) is 0 Å². The van der Waals surface area contributed by atoms with Gasteiger partial charge in [-0.3, -0.25) is 4.79 Å². The molecule has 0 saturated carbocycles. The first-order valence-corrected chi connectivity index (χ1v) is 10.9. The SMILES string of the molecule is COc1ccc(-c2nnc(SCC(=O)Nc3ncc(Cc4ccccc4)s3)o2)cc1. The van der Waals surface area contributed by atoms with E-state index >= 15 is 0 Å². The van der Waals surface area contributed by atoms with E-state index < -0.39 is 0 Å². The molecular formula is C21H18N4O3S2. The van der Waals surface area contributed by atoms with Gasteiger partial charge in [-0.05, 0) is 29.8 Å². The van der Waals surface area contributed by atoms with Crippen LogP contribution in [0.1, 0.15) is 10.4 Å². The van der Waals surface area contributed by atoms with E-state index in [0.29, 0.717) is 16.2 Å². The molecule has 0 saturated heterocycles. The summed E-state index contributed by atoms with van der Waals surface area (Å²) < 4.78 is 10.8. The number of aromatic nitrogens is 3. The second kappa shape index (κ2) is 9.55. The van der Waals surface area contributed by atoms with Crippen LogP contribution in [0.4, 0.5) is 5.13 Å². The number of rotatable bonds is 8. The maximum absolute atomic E-state index is 12.2. The fraction of sp³-hybridized carbons (Fsp3) is 0.143. The zero-order chi connectivity index (χ0) is 20.8. The number of carbonyl (C=O) groups excluding carboxylic acids is 1. The van der Waals surface area contributed by atoms with E-state index in [4.69, 9.17) is 9.15 Å². The highest BCUT2D eigenvalue weighted by molar-refractivity contribution is 7.99. The van der Waals surface area contributed by atoms with Crippen LogP contribution in [0.2, 0.25) is 0 Å². The number of nitrogens with zero attached hydrogens (tertiary/aromatic N) is 3. The molecule has 2 aromatic carbocycles. The maximum atomic E-state index is 12.2. The Morgan fingerprint density at radius 1 is 1.13 bits per heavy atom. The molecule has 7 nitrogen and oxygen atoms in total. The van der Waals surface area contributed by atoms with Gasteiger partial charge in [0.25, 0.3) is 5.22 Å². The zero-order valence-electron chi connectivity index (χ0n) is 16.1. The number of ether oxygens (including phenoxy) is 1.